The summed E-state index contributed by atoms with van der Waals surface area (Å²) in [6.07, 6.45) is 3.56. The molecule has 0 spiro atoms. The molecule has 0 heterocycles. The van der Waals surface area contributed by atoms with E-state index in [9.17, 15) is 18.0 Å². The largest absolute Gasteiger partial charge is 0.452 e. The second kappa shape index (κ2) is 8.44. The highest BCUT2D eigenvalue weighted by atomic mass is 32.2. The second-order valence-electron chi connectivity index (χ2n) is 4.78. The standard InChI is InChI=1S/C15H20N2O5S/c1-4-5-9-15(19)22-11-14(18)16-12-7-6-8-13(10-12)23(20,21)17(2)3/h5-10H,4,11H2,1-3H3,(H,16,18)/b9-5+. The summed E-state index contributed by atoms with van der Waals surface area (Å²) in [5.74, 6) is -1.16. The predicted molar refractivity (Wildman–Crippen MR) is 86.3 cm³/mol. The SMILES string of the molecule is CC/C=C/C(=O)OCC(=O)Nc1cccc(S(=O)(=O)N(C)C)c1. The van der Waals surface area contributed by atoms with Crippen molar-refractivity contribution < 1.29 is 22.7 Å². The average Bonchev–Trinajstić information content (AvgIpc) is 2.51. The van der Waals surface area contributed by atoms with Crippen LogP contribution in [0.1, 0.15) is 13.3 Å². The Morgan fingerprint density at radius 3 is 2.61 bits per heavy atom. The molecule has 0 radical (unpaired) electrons. The Morgan fingerprint density at radius 1 is 1.30 bits per heavy atom. The van der Waals surface area contributed by atoms with Crippen molar-refractivity contribution in [2.24, 2.45) is 0 Å². The van der Waals surface area contributed by atoms with Gasteiger partial charge in [0.15, 0.2) is 6.61 Å². The Kier molecular flexibility index (Phi) is 6.92. The van der Waals surface area contributed by atoms with Gasteiger partial charge in [0.25, 0.3) is 5.91 Å². The molecule has 0 saturated carbocycles. The van der Waals surface area contributed by atoms with Crippen LogP contribution in [-0.4, -0.2) is 45.3 Å². The number of hydrogen-bond acceptors (Lipinski definition) is 5. The van der Waals surface area contributed by atoms with Crippen LogP contribution in [-0.2, 0) is 24.3 Å². The number of nitrogens with one attached hydrogen (secondary N) is 1. The maximum absolute atomic E-state index is 12.0. The number of carbonyl (C=O) groups excluding carboxylic acids is 2. The van der Waals surface area contributed by atoms with E-state index in [4.69, 9.17) is 4.74 Å². The number of carbonyl (C=O) groups is 2. The van der Waals surface area contributed by atoms with E-state index in [2.05, 4.69) is 5.32 Å². The number of hydrogen-bond donors (Lipinski definition) is 1. The van der Waals surface area contributed by atoms with Crippen LogP contribution in [0.3, 0.4) is 0 Å². The maximum atomic E-state index is 12.0. The van der Waals surface area contributed by atoms with Crippen molar-refractivity contribution in [1.29, 1.82) is 0 Å². The Labute approximate surface area is 136 Å². The van der Waals surface area contributed by atoms with Gasteiger partial charge in [0.2, 0.25) is 10.0 Å². The maximum Gasteiger partial charge on any atom is 0.330 e. The quantitative estimate of drug-likeness (QED) is 0.598. The minimum atomic E-state index is -3.58. The van der Waals surface area contributed by atoms with Crippen LogP contribution in [0.15, 0.2) is 41.3 Å². The van der Waals surface area contributed by atoms with Crippen molar-refractivity contribution in [3.05, 3.63) is 36.4 Å². The van der Waals surface area contributed by atoms with E-state index in [1.54, 1.807) is 12.1 Å². The summed E-state index contributed by atoms with van der Waals surface area (Å²) in [5.41, 5.74) is 0.304. The highest BCUT2D eigenvalue weighted by Gasteiger charge is 2.17. The lowest BCUT2D eigenvalue weighted by atomic mass is 10.3. The fourth-order valence-electron chi connectivity index (χ4n) is 1.54. The molecule has 8 heteroatoms. The van der Waals surface area contributed by atoms with Gasteiger partial charge in [0.1, 0.15) is 0 Å². The number of anilines is 1. The molecule has 1 aromatic carbocycles. The van der Waals surface area contributed by atoms with Crippen LogP contribution in [0.4, 0.5) is 5.69 Å². The molecule has 1 aromatic rings. The predicted octanol–water partition coefficient (Wildman–Crippen LogP) is 1.38. The summed E-state index contributed by atoms with van der Waals surface area (Å²) >= 11 is 0. The fourth-order valence-corrected chi connectivity index (χ4v) is 2.49. The van der Waals surface area contributed by atoms with E-state index in [1.165, 1.54) is 38.4 Å². The number of sulfonamides is 1. The Morgan fingerprint density at radius 2 is 2.00 bits per heavy atom. The van der Waals surface area contributed by atoms with Gasteiger partial charge in [-0.05, 0) is 24.6 Å². The van der Waals surface area contributed by atoms with Gasteiger partial charge in [-0.25, -0.2) is 17.5 Å². The number of nitrogens with zero attached hydrogens (tertiary/aromatic N) is 1. The van der Waals surface area contributed by atoms with E-state index < -0.39 is 28.5 Å². The van der Waals surface area contributed by atoms with Crippen LogP contribution in [0, 0.1) is 0 Å². The molecular formula is C15H20N2O5S. The van der Waals surface area contributed by atoms with Crippen LogP contribution in [0.25, 0.3) is 0 Å². The first-order valence-electron chi connectivity index (χ1n) is 6.93. The van der Waals surface area contributed by atoms with Gasteiger partial charge >= 0.3 is 5.97 Å². The number of esters is 1. The highest BCUT2D eigenvalue weighted by Crippen LogP contribution is 2.17. The van der Waals surface area contributed by atoms with Crippen LogP contribution >= 0.6 is 0 Å². The smallest absolute Gasteiger partial charge is 0.330 e. The Hall–Kier alpha value is -2.19. The van der Waals surface area contributed by atoms with Crippen molar-refractivity contribution in [2.75, 3.05) is 26.0 Å². The molecule has 1 amide bonds. The molecule has 0 aliphatic carbocycles. The van der Waals surface area contributed by atoms with Crippen molar-refractivity contribution in [1.82, 2.24) is 4.31 Å². The van der Waals surface area contributed by atoms with E-state index in [1.807, 2.05) is 6.92 Å². The van der Waals surface area contributed by atoms with Crippen molar-refractivity contribution in [2.45, 2.75) is 18.2 Å². The van der Waals surface area contributed by atoms with Crippen molar-refractivity contribution in [3.63, 3.8) is 0 Å². The number of rotatable bonds is 7. The summed E-state index contributed by atoms with van der Waals surface area (Å²) in [7, 11) is -0.743. The molecule has 0 bridgehead atoms. The number of ether oxygens (including phenoxy) is 1. The van der Waals surface area contributed by atoms with E-state index in [-0.39, 0.29) is 4.90 Å². The second-order valence-corrected chi connectivity index (χ2v) is 6.93. The average molecular weight is 340 g/mol. The molecule has 0 atom stereocenters. The fraction of sp³-hybridized carbons (Fsp3) is 0.333. The number of benzene rings is 1. The Balaban J connectivity index is 2.70. The minimum Gasteiger partial charge on any atom is -0.452 e. The summed E-state index contributed by atoms with van der Waals surface area (Å²) in [6.45, 7) is 1.42. The minimum absolute atomic E-state index is 0.0585. The molecule has 0 unspecified atom stereocenters. The number of allylic oxidation sites excluding steroid dienone is 1. The molecule has 0 aliphatic heterocycles. The Bertz CT molecular complexity index is 696. The third-order valence-electron chi connectivity index (χ3n) is 2.73. The summed E-state index contributed by atoms with van der Waals surface area (Å²) < 4.78 is 29.9. The molecule has 7 nitrogen and oxygen atoms in total. The molecule has 0 aromatic heterocycles. The zero-order valence-corrected chi connectivity index (χ0v) is 14.1. The molecule has 1 rings (SSSR count). The van der Waals surface area contributed by atoms with Gasteiger partial charge in [0.05, 0.1) is 4.90 Å². The lowest BCUT2D eigenvalue weighted by Gasteiger charge is -2.12. The topological polar surface area (TPSA) is 92.8 Å². The highest BCUT2D eigenvalue weighted by molar-refractivity contribution is 7.89. The third kappa shape index (κ3) is 5.84. The van der Waals surface area contributed by atoms with E-state index >= 15 is 0 Å². The van der Waals surface area contributed by atoms with Gasteiger partial charge in [-0.1, -0.05) is 19.1 Å². The first-order chi connectivity index (χ1) is 10.8. The van der Waals surface area contributed by atoms with Gasteiger partial charge in [-0.2, -0.15) is 0 Å². The molecule has 0 saturated heterocycles. The van der Waals surface area contributed by atoms with Crippen molar-refractivity contribution in [3.8, 4) is 0 Å². The molecule has 23 heavy (non-hydrogen) atoms. The zero-order chi connectivity index (χ0) is 17.5. The molecule has 126 valence electrons. The first kappa shape index (κ1) is 18.9. The van der Waals surface area contributed by atoms with E-state index in [0.717, 1.165) is 4.31 Å². The van der Waals surface area contributed by atoms with Gasteiger partial charge < -0.3 is 10.1 Å². The third-order valence-corrected chi connectivity index (χ3v) is 4.54. The summed E-state index contributed by atoms with van der Waals surface area (Å²) in [6, 6.07) is 5.83. The van der Waals surface area contributed by atoms with Crippen LogP contribution < -0.4 is 5.32 Å². The molecular weight excluding hydrogens is 320 g/mol. The lowest BCUT2D eigenvalue weighted by molar-refractivity contribution is -0.142. The first-order valence-corrected chi connectivity index (χ1v) is 8.37. The van der Waals surface area contributed by atoms with Gasteiger partial charge in [-0.15, -0.1) is 0 Å². The molecule has 1 N–H and O–H groups in total. The zero-order valence-electron chi connectivity index (χ0n) is 13.3. The van der Waals surface area contributed by atoms with Crippen LogP contribution in [0.5, 0.6) is 0 Å². The van der Waals surface area contributed by atoms with Gasteiger partial charge in [0, 0.05) is 25.9 Å². The number of amides is 1. The van der Waals surface area contributed by atoms with Crippen LogP contribution in [0.2, 0.25) is 0 Å². The summed E-state index contributed by atoms with van der Waals surface area (Å²) in [4.78, 5) is 23.0. The van der Waals surface area contributed by atoms with E-state index in [0.29, 0.717) is 12.1 Å². The summed E-state index contributed by atoms with van der Waals surface area (Å²) in [5, 5.41) is 2.48. The monoisotopic (exact) mass is 340 g/mol. The lowest BCUT2D eigenvalue weighted by Crippen LogP contribution is -2.23. The van der Waals surface area contributed by atoms with Crippen molar-refractivity contribution >= 4 is 27.6 Å². The van der Waals surface area contributed by atoms with Gasteiger partial charge in [-0.3, -0.25) is 4.79 Å². The normalized spacial score (nSPS) is 11.7. The molecule has 0 aliphatic rings. The molecule has 0 fully saturated rings.